The van der Waals surface area contributed by atoms with Crippen molar-refractivity contribution in [3.05, 3.63) is 66.1 Å². The summed E-state index contributed by atoms with van der Waals surface area (Å²) in [5.74, 6) is 0.848. The van der Waals surface area contributed by atoms with Gasteiger partial charge in [0.05, 0.1) is 0 Å². The molecule has 0 unspecified atom stereocenters. The van der Waals surface area contributed by atoms with Crippen LogP contribution in [-0.2, 0) is 0 Å². The third-order valence-electron chi connectivity index (χ3n) is 5.70. The molecule has 0 saturated heterocycles. The van der Waals surface area contributed by atoms with E-state index in [1.165, 1.54) is 32.1 Å². The molecule has 2 N–H and O–H groups in total. The number of aromatic amines is 1. The van der Waals surface area contributed by atoms with Gasteiger partial charge < -0.3 is 10.3 Å². The Kier molecular flexibility index (Phi) is 4.94. The number of hydrogen-bond acceptors (Lipinski definition) is 3. The molecule has 1 fully saturated rings. The smallest absolute Gasteiger partial charge is 0.137 e. The minimum atomic E-state index is 0.483. The Hall–Kier alpha value is -2.85. The molecular weight excluding hydrogens is 380 g/mol. The van der Waals surface area contributed by atoms with Crippen LogP contribution in [0.5, 0.6) is 0 Å². The number of hydrogen-bond donors (Lipinski definition) is 2. The molecule has 1 aliphatic rings. The molecule has 3 aromatic heterocycles. The fraction of sp³-hybridized carbons (Fsp3) is 0.250. The van der Waals surface area contributed by atoms with Crippen LogP contribution in [0.4, 0.5) is 5.82 Å². The molecule has 5 heteroatoms. The van der Waals surface area contributed by atoms with E-state index >= 15 is 0 Å². The lowest BCUT2D eigenvalue weighted by Gasteiger charge is -2.23. The maximum atomic E-state index is 6.39. The van der Waals surface area contributed by atoms with Crippen LogP contribution >= 0.6 is 11.6 Å². The Bertz CT molecular complexity index is 1130. The maximum Gasteiger partial charge on any atom is 0.137 e. The summed E-state index contributed by atoms with van der Waals surface area (Å²) in [5.41, 5.74) is 5.25. The molecule has 5 rings (SSSR count). The van der Waals surface area contributed by atoms with E-state index in [2.05, 4.69) is 44.5 Å². The lowest BCUT2D eigenvalue weighted by molar-refractivity contribution is 0.462. The monoisotopic (exact) mass is 402 g/mol. The van der Waals surface area contributed by atoms with Crippen molar-refractivity contribution in [3.63, 3.8) is 0 Å². The van der Waals surface area contributed by atoms with Crippen LogP contribution in [0.1, 0.15) is 32.1 Å². The summed E-state index contributed by atoms with van der Waals surface area (Å²) in [4.78, 5) is 12.4. The maximum absolute atomic E-state index is 6.39. The van der Waals surface area contributed by atoms with Gasteiger partial charge in [-0.1, -0.05) is 61.2 Å². The number of nitrogens with zero attached hydrogens (tertiary/aromatic N) is 2. The standard InChI is InChI=1S/C24H23ClN4/c25-22-12-17(13-23(29-22)28-19-9-5-2-6-10-19)21-15-27-24-20(21)11-18(14-26-24)16-7-3-1-4-8-16/h1,3-4,7-8,11-15,19H,2,5-6,9-10H2,(H,26,27)(H,28,29). The summed E-state index contributed by atoms with van der Waals surface area (Å²) in [6, 6.07) is 17.0. The fourth-order valence-electron chi connectivity index (χ4n) is 4.21. The van der Waals surface area contributed by atoms with Gasteiger partial charge in [-0.15, -0.1) is 0 Å². The van der Waals surface area contributed by atoms with Gasteiger partial charge in [-0.25, -0.2) is 9.97 Å². The van der Waals surface area contributed by atoms with Crippen molar-refractivity contribution in [1.82, 2.24) is 15.0 Å². The van der Waals surface area contributed by atoms with Crippen LogP contribution in [0.3, 0.4) is 0 Å². The summed E-state index contributed by atoms with van der Waals surface area (Å²) in [7, 11) is 0. The van der Waals surface area contributed by atoms with Gasteiger partial charge in [0.25, 0.3) is 0 Å². The topological polar surface area (TPSA) is 53.6 Å². The van der Waals surface area contributed by atoms with Gasteiger partial charge in [-0.2, -0.15) is 0 Å². The molecule has 1 aromatic carbocycles. The van der Waals surface area contributed by atoms with Crippen LogP contribution in [0.15, 0.2) is 60.9 Å². The molecular formula is C24H23ClN4. The second kappa shape index (κ2) is 7.88. The Morgan fingerprint density at radius 1 is 0.931 bits per heavy atom. The molecule has 1 saturated carbocycles. The van der Waals surface area contributed by atoms with Gasteiger partial charge in [0.1, 0.15) is 16.6 Å². The second-order valence-corrected chi connectivity index (χ2v) is 8.12. The first-order chi connectivity index (χ1) is 14.3. The van der Waals surface area contributed by atoms with Crippen LogP contribution in [0, 0.1) is 0 Å². The lowest BCUT2D eigenvalue weighted by Crippen LogP contribution is -2.22. The summed E-state index contributed by atoms with van der Waals surface area (Å²) >= 11 is 6.39. The van der Waals surface area contributed by atoms with Gasteiger partial charge in [0, 0.05) is 34.9 Å². The molecule has 0 radical (unpaired) electrons. The molecule has 29 heavy (non-hydrogen) atoms. The quantitative estimate of drug-likeness (QED) is 0.374. The first-order valence-corrected chi connectivity index (χ1v) is 10.6. The number of nitrogens with one attached hydrogen (secondary N) is 2. The summed E-state index contributed by atoms with van der Waals surface area (Å²) in [6.45, 7) is 0. The third-order valence-corrected chi connectivity index (χ3v) is 5.89. The number of fused-ring (bicyclic) bond motifs is 1. The summed E-state index contributed by atoms with van der Waals surface area (Å²) < 4.78 is 0. The Morgan fingerprint density at radius 3 is 2.59 bits per heavy atom. The first-order valence-electron chi connectivity index (χ1n) is 10.2. The zero-order chi connectivity index (χ0) is 19.6. The van der Waals surface area contributed by atoms with Crippen LogP contribution in [0.25, 0.3) is 33.3 Å². The average molecular weight is 403 g/mol. The molecule has 1 aliphatic carbocycles. The van der Waals surface area contributed by atoms with Gasteiger partial charge in [-0.3, -0.25) is 0 Å². The summed E-state index contributed by atoms with van der Waals surface area (Å²) in [5, 5.41) is 5.17. The van der Waals surface area contributed by atoms with E-state index in [4.69, 9.17) is 11.6 Å². The number of benzene rings is 1. The second-order valence-electron chi connectivity index (χ2n) is 7.73. The molecule has 0 atom stereocenters. The van der Waals surface area contributed by atoms with E-state index in [1.807, 2.05) is 36.7 Å². The Morgan fingerprint density at radius 2 is 1.76 bits per heavy atom. The molecule has 146 valence electrons. The number of rotatable bonds is 4. The van der Waals surface area contributed by atoms with Crippen molar-refractivity contribution in [2.45, 2.75) is 38.1 Å². The third kappa shape index (κ3) is 3.85. The highest BCUT2D eigenvalue weighted by Crippen LogP contribution is 2.33. The number of H-pyrrole nitrogens is 1. The minimum absolute atomic E-state index is 0.483. The van der Waals surface area contributed by atoms with Gasteiger partial charge in [-0.05, 0) is 42.2 Å². The number of aromatic nitrogens is 3. The van der Waals surface area contributed by atoms with E-state index < -0.39 is 0 Å². The van der Waals surface area contributed by atoms with Crippen molar-refractivity contribution in [1.29, 1.82) is 0 Å². The molecule has 0 bridgehead atoms. The molecule has 0 spiro atoms. The highest BCUT2D eigenvalue weighted by molar-refractivity contribution is 6.29. The van der Waals surface area contributed by atoms with Crippen molar-refractivity contribution < 1.29 is 0 Å². The van der Waals surface area contributed by atoms with Gasteiger partial charge in [0.2, 0.25) is 0 Å². The zero-order valence-electron chi connectivity index (χ0n) is 16.2. The summed E-state index contributed by atoms with van der Waals surface area (Å²) in [6.07, 6.45) is 10.2. The molecule has 4 aromatic rings. The van der Waals surface area contributed by atoms with Crippen LogP contribution in [-0.4, -0.2) is 21.0 Å². The van der Waals surface area contributed by atoms with Crippen molar-refractivity contribution in [3.8, 4) is 22.3 Å². The van der Waals surface area contributed by atoms with Crippen LogP contribution < -0.4 is 5.32 Å². The molecule has 3 heterocycles. The van der Waals surface area contributed by atoms with E-state index in [0.717, 1.165) is 39.1 Å². The number of pyridine rings is 2. The number of anilines is 1. The highest BCUT2D eigenvalue weighted by Gasteiger charge is 2.16. The van der Waals surface area contributed by atoms with Crippen molar-refractivity contribution >= 4 is 28.5 Å². The minimum Gasteiger partial charge on any atom is -0.367 e. The Balaban J connectivity index is 1.53. The predicted molar refractivity (Wildman–Crippen MR) is 120 cm³/mol. The normalized spacial score (nSPS) is 14.9. The van der Waals surface area contributed by atoms with Crippen molar-refractivity contribution in [2.75, 3.05) is 5.32 Å². The lowest BCUT2D eigenvalue weighted by atomic mass is 9.95. The highest BCUT2D eigenvalue weighted by atomic mass is 35.5. The van der Waals surface area contributed by atoms with E-state index in [9.17, 15) is 0 Å². The molecule has 0 aliphatic heterocycles. The number of halogens is 1. The van der Waals surface area contributed by atoms with Gasteiger partial charge in [0.15, 0.2) is 0 Å². The SMILES string of the molecule is Clc1cc(-c2c[nH]c3ncc(-c4ccccc4)cc23)cc(NC2CCCCC2)n1. The average Bonchev–Trinajstić information content (AvgIpc) is 3.18. The largest absolute Gasteiger partial charge is 0.367 e. The van der Waals surface area contributed by atoms with E-state index in [1.54, 1.807) is 0 Å². The predicted octanol–water partition coefficient (Wildman–Crippen LogP) is 6.69. The molecule has 4 nitrogen and oxygen atoms in total. The zero-order valence-corrected chi connectivity index (χ0v) is 16.9. The van der Waals surface area contributed by atoms with Crippen molar-refractivity contribution in [2.24, 2.45) is 0 Å². The molecule has 0 amide bonds. The van der Waals surface area contributed by atoms with E-state index in [-0.39, 0.29) is 0 Å². The van der Waals surface area contributed by atoms with E-state index in [0.29, 0.717) is 11.2 Å². The first kappa shape index (κ1) is 18.2. The van der Waals surface area contributed by atoms with Gasteiger partial charge >= 0.3 is 0 Å². The Labute approximate surface area is 175 Å². The van der Waals surface area contributed by atoms with Crippen LogP contribution in [0.2, 0.25) is 5.15 Å². The fourth-order valence-corrected chi connectivity index (χ4v) is 4.42.